The number of anilines is 1. The third kappa shape index (κ3) is 4.84. The van der Waals surface area contributed by atoms with E-state index in [1.165, 1.54) is 25.3 Å². The largest absolute Gasteiger partial charge is 0.462 e. The van der Waals surface area contributed by atoms with Crippen molar-refractivity contribution in [1.29, 1.82) is 0 Å². The molecule has 1 aliphatic rings. The van der Waals surface area contributed by atoms with Crippen LogP contribution in [0.4, 0.5) is 5.00 Å². The van der Waals surface area contributed by atoms with E-state index in [2.05, 4.69) is 17.3 Å². The van der Waals surface area contributed by atoms with Crippen LogP contribution < -0.4 is 10.9 Å². The lowest BCUT2D eigenvalue weighted by molar-refractivity contribution is -0.123. The number of fused-ring (bicyclic) bond motifs is 2. The molecule has 184 valence electrons. The molecule has 0 spiro atoms. The summed E-state index contributed by atoms with van der Waals surface area (Å²) in [6.07, 6.45) is 1.36. The number of amides is 1. The number of aryl methyl sites for hydroxylation is 1. The van der Waals surface area contributed by atoms with E-state index in [0.29, 0.717) is 27.3 Å². The van der Waals surface area contributed by atoms with Crippen LogP contribution in [-0.2, 0) is 34.2 Å². The summed E-state index contributed by atoms with van der Waals surface area (Å²) in [5.74, 6) is -1.39. The number of carbonyl (C=O) groups excluding carboxylic acids is 3. The van der Waals surface area contributed by atoms with E-state index in [4.69, 9.17) is 9.47 Å². The van der Waals surface area contributed by atoms with Crippen molar-refractivity contribution in [3.05, 3.63) is 56.3 Å². The molecule has 9 nitrogen and oxygen atoms in total. The van der Waals surface area contributed by atoms with Gasteiger partial charge in [-0.3, -0.25) is 9.59 Å². The monoisotopic (exact) mass is 497 g/mol. The molecular formula is C25H27N3O6S. The normalized spacial score (nSPS) is 15.8. The molecule has 0 bridgehead atoms. The van der Waals surface area contributed by atoms with Gasteiger partial charge in [0.1, 0.15) is 5.00 Å². The minimum Gasteiger partial charge on any atom is -0.462 e. The summed E-state index contributed by atoms with van der Waals surface area (Å²) in [6.45, 7) is 5.55. The summed E-state index contributed by atoms with van der Waals surface area (Å²) in [5, 5.41) is 7.88. The lowest BCUT2D eigenvalue weighted by Crippen LogP contribution is -2.31. The van der Waals surface area contributed by atoms with Crippen molar-refractivity contribution in [2.24, 2.45) is 13.0 Å². The first-order valence-electron chi connectivity index (χ1n) is 11.5. The number of rotatable bonds is 6. The molecule has 2 atom stereocenters. The van der Waals surface area contributed by atoms with E-state index in [1.54, 1.807) is 31.2 Å². The molecule has 0 saturated carbocycles. The first-order chi connectivity index (χ1) is 16.7. The Kier molecular flexibility index (Phi) is 7.02. The predicted octanol–water partition coefficient (Wildman–Crippen LogP) is 3.48. The number of hydrogen-bond donors (Lipinski definition) is 1. The summed E-state index contributed by atoms with van der Waals surface area (Å²) in [5.41, 5.74) is 0.907. The van der Waals surface area contributed by atoms with Gasteiger partial charge in [-0.2, -0.15) is 5.10 Å². The summed E-state index contributed by atoms with van der Waals surface area (Å²) < 4.78 is 11.7. The van der Waals surface area contributed by atoms with Crippen LogP contribution in [0.5, 0.6) is 0 Å². The number of aromatic nitrogens is 2. The van der Waals surface area contributed by atoms with Crippen molar-refractivity contribution in [3.8, 4) is 0 Å². The maximum Gasteiger partial charge on any atom is 0.360 e. The predicted molar refractivity (Wildman–Crippen MR) is 132 cm³/mol. The first-order valence-corrected chi connectivity index (χ1v) is 12.3. The Morgan fingerprint density at radius 2 is 1.94 bits per heavy atom. The van der Waals surface area contributed by atoms with Crippen LogP contribution >= 0.6 is 11.3 Å². The van der Waals surface area contributed by atoms with E-state index in [9.17, 15) is 19.2 Å². The number of nitrogens with one attached hydrogen (secondary N) is 1. The lowest BCUT2D eigenvalue weighted by atomic mass is 9.88. The number of thiophene rings is 1. The minimum atomic E-state index is -1.17. The van der Waals surface area contributed by atoms with Gasteiger partial charge in [0.25, 0.3) is 11.5 Å². The number of ether oxygens (including phenoxy) is 2. The molecule has 1 amide bonds. The first kappa shape index (κ1) is 24.6. The van der Waals surface area contributed by atoms with Crippen LogP contribution in [-0.4, -0.2) is 40.3 Å². The van der Waals surface area contributed by atoms with Crippen molar-refractivity contribution in [1.82, 2.24) is 9.78 Å². The van der Waals surface area contributed by atoms with E-state index in [-0.39, 0.29) is 17.9 Å². The summed E-state index contributed by atoms with van der Waals surface area (Å²) in [4.78, 5) is 51.9. The molecular weight excluding hydrogens is 470 g/mol. The highest BCUT2D eigenvalue weighted by atomic mass is 32.1. The molecule has 0 unspecified atom stereocenters. The Hall–Kier alpha value is -3.53. The Morgan fingerprint density at radius 3 is 2.66 bits per heavy atom. The van der Waals surface area contributed by atoms with Gasteiger partial charge in [-0.25, -0.2) is 14.3 Å². The van der Waals surface area contributed by atoms with Crippen LogP contribution in [0.25, 0.3) is 10.8 Å². The average molecular weight is 498 g/mol. The fraction of sp³-hybridized carbons (Fsp3) is 0.400. The van der Waals surface area contributed by atoms with Gasteiger partial charge in [0.05, 0.1) is 17.6 Å². The van der Waals surface area contributed by atoms with Crippen molar-refractivity contribution in [2.75, 3.05) is 11.9 Å². The number of nitrogens with zero attached hydrogens (tertiary/aromatic N) is 2. The second-order valence-electron chi connectivity index (χ2n) is 8.64. The molecule has 1 aliphatic carbocycles. The maximum atomic E-state index is 13.0. The van der Waals surface area contributed by atoms with Crippen LogP contribution in [0.3, 0.4) is 0 Å². The van der Waals surface area contributed by atoms with Gasteiger partial charge in [0.15, 0.2) is 11.8 Å². The molecule has 0 aliphatic heterocycles. The fourth-order valence-corrected chi connectivity index (χ4v) is 5.59. The number of benzene rings is 1. The van der Waals surface area contributed by atoms with Crippen LogP contribution in [0.2, 0.25) is 0 Å². The second kappa shape index (κ2) is 9.99. The van der Waals surface area contributed by atoms with Crippen molar-refractivity contribution in [2.45, 2.75) is 46.1 Å². The molecule has 1 N–H and O–H groups in total. The molecule has 35 heavy (non-hydrogen) atoms. The van der Waals surface area contributed by atoms with E-state index in [0.717, 1.165) is 34.4 Å². The maximum absolute atomic E-state index is 13.0. The summed E-state index contributed by atoms with van der Waals surface area (Å²) in [7, 11) is 1.44. The molecule has 2 aromatic heterocycles. The number of carbonyl (C=O) groups is 3. The molecule has 3 aromatic rings. The quantitative estimate of drug-likeness (QED) is 0.518. The van der Waals surface area contributed by atoms with Gasteiger partial charge < -0.3 is 14.8 Å². The highest BCUT2D eigenvalue weighted by molar-refractivity contribution is 7.17. The van der Waals surface area contributed by atoms with Crippen molar-refractivity contribution < 1.29 is 23.9 Å². The Bertz CT molecular complexity index is 1380. The van der Waals surface area contributed by atoms with Crippen molar-refractivity contribution >= 4 is 45.0 Å². The van der Waals surface area contributed by atoms with E-state index >= 15 is 0 Å². The van der Waals surface area contributed by atoms with Crippen LogP contribution in [0.1, 0.15) is 58.5 Å². The molecule has 0 fully saturated rings. The Balaban J connectivity index is 1.56. The Morgan fingerprint density at radius 1 is 1.23 bits per heavy atom. The molecule has 0 radical (unpaired) electrons. The molecule has 2 heterocycles. The van der Waals surface area contributed by atoms with Gasteiger partial charge in [-0.05, 0) is 50.7 Å². The van der Waals surface area contributed by atoms with Gasteiger partial charge in [0.2, 0.25) is 0 Å². The molecule has 0 saturated heterocycles. The zero-order valence-corrected chi connectivity index (χ0v) is 20.9. The topological polar surface area (TPSA) is 117 Å². The molecule has 4 rings (SSSR count). The standard InChI is InChI=1S/C25H27N3O6S/c1-5-33-24(31)19-17-11-10-13(2)12-18(17)35-22(19)26-21(29)14(3)34-25(32)20-15-8-6-7-9-16(15)23(30)28(4)27-20/h6-9,13-14H,5,10-12H2,1-4H3,(H,26,29)/t13-,14-/m1/s1. The highest BCUT2D eigenvalue weighted by Crippen LogP contribution is 2.40. The number of esters is 2. The Labute approximate surface area is 206 Å². The van der Waals surface area contributed by atoms with Crippen LogP contribution in [0, 0.1) is 5.92 Å². The van der Waals surface area contributed by atoms with Gasteiger partial charge in [0, 0.05) is 17.3 Å². The lowest BCUT2D eigenvalue weighted by Gasteiger charge is -2.18. The zero-order chi connectivity index (χ0) is 25.3. The van der Waals surface area contributed by atoms with E-state index in [1.807, 2.05) is 0 Å². The zero-order valence-electron chi connectivity index (χ0n) is 20.0. The minimum absolute atomic E-state index is 0.0601. The fourth-order valence-electron chi connectivity index (χ4n) is 4.19. The third-order valence-electron chi connectivity index (χ3n) is 6.03. The van der Waals surface area contributed by atoms with Gasteiger partial charge in [-0.1, -0.05) is 25.1 Å². The molecule has 10 heteroatoms. The SMILES string of the molecule is CCOC(=O)c1c(NC(=O)[C@@H](C)OC(=O)c2nn(C)c(=O)c3ccccc23)sc2c1CC[C@@H](C)C2. The second-order valence-corrected chi connectivity index (χ2v) is 9.74. The number of hydrogen-bond acceptors (Lipinski definition) is 8. The van der Waals surface area contributed by atoms with Crippen molar-refractivity contribution in [3.63, 3.8) is 0 Å². The van der Waals surface area contributed by atoms with Gasteiger partial charge >= 0.3 is 11.9 Å². The average Bonchev–Trinajstić information content (AvgIpc) is 3.18. The highest BCUT2D eigenvalue weighted by Gasteiger charge is 2.31. The van der Waals surface area contributed by atoms with E-state index < -0.39 is 23.9 Å². The van der Waals surface area contributed by atoms with Gasteiger partial charge in [-0.15, -0.1) is 11.3 Å². The summed E-state index contributed by atoms with van der Waals surface area (Å²) >= 11 is 1.36. The third-order valence-corrected chi connectivity index (χ3v) is 7.20. The van der Waals surface area contributed by atoms with Crippen LogP contribution in [0.15, 0.2) is 29.1 Å². The summed E-state index contributed by atoms with van der Waals surface area (Å²) in [6, 6.07) is 6.58. The molecule has 1 aromatic carbocycles. The smallest absolute Gasteiger partial charge is 0.360 e.